The molecule has 0 unspecified atom stereocenters. The number of halogens is 2. The van der Waals surface area contributed by atoms with Crippen LogP contribution in [0.15, 0.2) is 16.9 Å². The minimum absolute atomic E-state index is 0.0586. The Morgan fingerprint density at radius 3 is 2.74 bits per heavy atom. The molecule has 1 N–H and O–H groups in total. The molecule has 0 amide bonds. The first kappa shape index (κ1) is 13.0. The summed E-state index contributed by atoms with van der Waals surface area (Å²) in [5.74, 6) is -1.83. The number of benzene rings is 1. The lowest BCUT2D eigenvalue weighted by Crippen LogP contribution is -2.22. The first-order chi connectivity index (χ1) is 8.95. The van der Waals surface area contributed by atoms with Crippen LogP contribution >= 0.6 is 12.2 Å². The fourth-order valence-corrected chi connectivity index (χ4v) is 1.60. The van der Waals surface area contributed by atoms with Crippen molar-refractivity contribution < 1.29 is 8.78 Å². The van der Waals surface area contributed by atoms with Crippen molar-refractivity contribution in [1.82, 2.24) is 14.8 Å². The number of aromatic amines is 1. The Morgan fingerprint density at radius 2 is 2.11 bits per heavy atom. The molecule has 0 bridgehead atoms. The van der Waals surface area contributed by atoms with Crippen LogP contribution in [0, 0.1) is 27.7 Å². The molecule has 0 aliphatic heterocycles. The highest BCUT2D eigenvalue weighted by atomic mass is 32.1. The normalized spacial score (nSPS) is 10.2. The summed E-state index contributed by atoms with van der Waals surface area (Å²) in [7, 11) is 1.38. The predicted molar refractivity (Wildman–Crippen MR) is 64.7 cm³/mol. The Kier molecular flexibility index (Phi) is 3.23. The van der Waals surface area contributed by atoms with Crippen LogP contribution in [-0.4, -0.2) is 14.8 Å². The Hall–Kier alpha value is -2.40. The molecule has 1 aromatic carbocycles. The number of rotatable bonds is 1. The summed E-state index contributed by atoms with van der Waals surface area (Å²) in [6.07, 6.45) is 0. The molecule has 0 atom stereocenters. The van der Waals surface area contributed by atoms with Gasteiger partial charge >= 0.3 is 0 Å². The number of nitrogens with one attached hydrogen (secondary N) is 1. The first-order valence-corrected chi connectivity index (χ1v) is 5.41. The highest BCUT2D eigenvalue weighted by molar-refractivity contribution is 7.71. The molecule has 0 aliphatic rings. The van der Waals surface area contributed by atoms with E-state index in [2.05, 4.69) is 10.2 Å². The van der Waals surface area contributed by atoms with Crippen LogP contribution in [0.3, 0.4) is 0 Å². The Labute approximate surface area is 110 Å². The fraction of sp³-hybridized carbons (Fsp3) is 0.0909. The van der Waals surface area contributed by atoms with Crippen LogP contribution in [0.4, 0.5) is 8.78 Å². The molecule has 96 valence electrons. The highest BCUT2D eigenvalue weighted by Gasteiger charge is 2.16. The van der Waals surface area contributed by atoms with Gasteiger partial charge in [0.2, 0.25) is 0 Å². The van der Waals surface area contributed by atoms with E-state index in [1.54, 1.807) is 0 Å². The number of aromatic nitrogens is 3. The van der Waals surface area contributed by atoms with Gasteiger partial charge in [-0.15, -0.1) is 0 Å². The van der Waals surface area contributed by atoms with E-state index in [1.807, 2.05) is 0 Å². The van der Waals surface area contributed by atoms with Crippen LogP contribution in [0.1, 0.15) is 5.56 Å². The molecule has 2 aromatic rings. The summed E-state index contributed by atoms with van der Waals surface area (Å²) < 4.78 is 28.3. The van der Waals surface area contributed by atoms with Gasteiger partial charge in [-0.3, -0.25) is 14.5 Å². The van der Waals surface area contributed by atoms with E-state index in [-0.39, 0.29) is 16.0 Å². The molecule has 0 spiro atoms. The molecule has 1 aromatic heterocycles. The first-order valence-electron chi connectivity index (χ1n) is 5.01. The molecule has 19 heavy (non-hydrogen) atoms. The van der Waals surface area contributed by atoms with E-state index in [9.17, 15) is 13.6 Å². The van der Waals surface area contributed by atoms with E-state index >= 15 is 0 Å². The maximum atomic E-state index is 13.8. The van der Waals surface area contributed by atoms with Gasteiger partial charge < -0.3 is 0 Å². The summed E-state index contributed by atoms with van der Waals surface area (Å²) in [5.41, 5.74) is -1.74. The molecule has 2 rings (SSSR count). The zero-order chi connectivity index (χ0) is 14.2. The molecule has 0 aliphatic carbocycles. The molecule has 0 saturated heterocycles. The second-order valence-electron chi connectivity index (χ2n) is 3.67. The van der Waals surface area contributed by atoms with E-state index in [1.165, 1.54) is 13.1 Å². The lowest BCUT2D eigenvalue weighted by Gasteiger charge is -2.05. The maximum absolute atomic E-state index is 13.8. The zero-order valence-corrected chi connectivity index (χ0v) is 10.4. The van der Waals surface area contributed by atoms with Crippen LogP contribution in [0.5, 0.6) is 0 Å². The van der Waals surface area contributed by atoms with Gasteiger partial charge in [0, 0.05) is 12.6 Å². The van der Waals surface area contributed by atoms with E-state index in [0.29, 0.717) is 6.07 Å². The minimum Gasteiger partial charge on any atom is -0.285 e. The molecular weight excluding hydrogens is 274 g/mol. The quantitative estimate of drug-likeness (QED) is 0.806. The summed E-state index contributed by atoms with van der Waals surface area (Å²) >= 11 is 4.78. The number of nitriles is 1. The third-order valence-corrected chi connectivity index (χ3v) is 2.87. The third-order valence-electron chi connectivity index (χ3n) is 2.51. The number of H-pyrrole nitrogens is 1. The van der Waals surface area contributed by atoms with Crippen molar-refractivity contribution in [2.75, 3.05) is 0 Å². The molecule has 0 fully saturated rings. The van der Waals surface area contributed by atoms with E-state index in [0.717, 1.165) is 10.6 Å². The largest absolute Gasteiger partial charge is 0.285 e. The summed E-state index contributed by atoms with van der Waals surface area (Å²) in [4.78, 5) is 11.9. The lowest BCUT2D eigenvalue weighted by molar-refractivity contribution is 0.598. The lowest BCUT2D eigenvalue weighted by atomic mass is 10.1. The van der Waals surface area contributed by atoms with Crippen molar-refractivity contribution in [3.8, 4) is 17.3 Å². The molecule has 5 nitrogen and oxygen atoms in total. The van der Waals surface area contributed by atoms with Crippen molar-refractivity contribution in [3.63, 3.8) is 0 Å². The second-order valence-corrected chi connectivity index (χ2v) is 4.05. The average Bonchev–Trinajstić information content (AvgIpc) is 2.39. The maximum Gasteiger partial charge on any atom is 0.280 e. The highest BCUT2D eigenvalue weighted by Crippen LogP contribution is 2.21. The molecule has 1 heterocycles. The van der Waals surface area contributed by atoms with Gasteiger partial charge in [0.25, 0.3) is 5.56 Å². The van der Waals surface area contributed by atoms with Crippen molar-refractivity contribution in [2.24, 2.45) is 7.05 Å². The van der Waals surface area contributed by atoms with Crippen molar-refractivity contribution in [1.29, 1.82) is 5.26 Å². The standard InChI is InChI=1S/C11H6F2N4OS/c1-17-10(18)9(15-16-11(17)19)6-3-7(12)5(4-14)2-8(6)13/h2-3H,1H3,(H,16,19). The number of hydrogen-bond acceptors (Lipinski definition) is 4. The number of hydrogen-bond donors (Lipinski definition) is 1. The topological polar surface area (TPSA) is 74.5 Å². The van der Waals surface area contributed by atoms with Crippen LogP contribution in [0.2, 0.25) is 0 Å². The van der Waals surface area contributed by atoms with Crippen LogP contribution in [-0.2, 0) is 7.05 Å². The van der Waals surface area contributed by atoms with Gasteiger partial charge in [0.05, 0.1) is 5.56 Å². The zero-order valence-electron chi connectivity index (χ0n) is 9.57. The van der Waals surface area contributed by atoms with E-state index in [4.69, 9.17) is 17.5 Å². The van der Waals surface area contributed by atoms with Gasteiger partial charge in [0.1, 0.15) is 17.7 Å². The van der Waals surface area contributed by atoms with Crippen LogP contribution in [0.25, 0.3) is 11.3 Å². The molecule has 0 saturated carbocycles. The smallest absolute Gasteiger partial charge is 0.280 e. The Balaban J connectivity index is 2.78. The summed E-state index contributed by atoms with van der Waals surface area (Å²) in [6.45, 7) is 0. The monoisotopic (exact) mass is 280 g/mol. The van der Waals surface area contributed by atoms with Crippen LogP contribution < -0.4 is 5.56 Å². The number of nitrogens with zero attached hydrogens (tertiary/aromatic N) is 3. The molecular formula is C11H6F2N4OS. The van der Waals surface area contributed by atoms with Crippen molar-refractivity contribution in [2.45, 2.75) is 0 Å². The Morgan fingerprint density at radius 1 is 1.42 bits per heavy atom. The van der Waals surface area contributed by atoms with Gasteiger partial charge in [0.15, 0.2) is 10.5 Å². The van der Waals surface area contributed by atoms with Gasteiger partial charge in [-0.2, -0.15) is 10.4 Å². The third kappa shape index (κ3) is 2.15. The van der Waals surface area contributed by atoms with Gasteiger partial charge in [-0.05, 0) is 24.4 Å². The summed E-state index contributed by atoms with van der Waals surface area (Å²) in [5, 5.41) is 14.6. The summed E-state index contributed by atoms with van der Waals surface area (Å²) in [6, 6.07) is 2.98. The van der Waals surface area contributed by atoms with Crippen molar-refractivity contribution in [3.05, 3.63) is 44.5 Å². The van der Waals surface area contributed by atoms with Gasteiger partial charge in [-0.25, -0.2) is 8.78 Å². The SMILES string of the molecule is Cn1c(=S)[nH]nc(-c2cc(F)c(C#N)cc2F)c1=O. The molecule has 8 heteroatoms. The van der Waals surface area contributed by atoms with Crippen molar-refractivity contribution >= 4 is 12.2 Å². The second kappa shape index (κ2) is 4.70. The Bertz CT molecular complexity index is 819. The fourth-order valence-electron chi connectivity index (χ4n) is 1.47. The van der Waals surface area contributed by atoms with Gasteiger partial charge in [-0.1, -0.05) is 0 Å². The minimum atomic E-state index is -0.926. The average molecular weight is 280 g/mol. The molecule has 0 radical (unpaired) electrons. The van der Waals surface area contributed by atoms with E-state index < -0.39 is 22.8 Å². The predicted octanol–water partition coefficient (Wildman–Crippen LogP) is 1.65.